The molecule has 0 saturated carbocycles. The molecule has 0 amide bonds. The van der Waals surface area contributed by atoms with Crippen LogP contribution in [0.3, 0.4) is 0 Å². The fourth-order valence-corrected chi connectivity index (χ4v) is 2.64. The molecular weight excluding hydrogens is 214 g/mol. The third-order valence-electron chi connectivity index (χ3n) is 2.51. The first-order valence-corrected chi connectivity index (χ1v) is 7.08. The summed E-state index contributed by atoms with van der Waals surface area (Å²) in [6, 6.07) is 6.03. The minimum Gasteiger partial charge on any atom is -0.381 e. The van der Waals surface area contributed by atoms with E-state index in [4.69, 9.17) is 4.74 Å². The first-order valence-electron chi connectivity index (χ1n) is 5.87. The monoisotopic (exact) mass is 235 g/mol. The van der Waals surface area contributed by atoms with Gasteiger partial charge in [-0.05, 0) is 24.0 Å². The third kappa shape index (κ3) is 4.45. The van der Waals surface area contributed by atoms with Gasteiger partial charge in [0.2, 0.25) is 0 Å². The zero-order valence-corrected chi connectivity index (χ0v) is 11.6. The lowest BCUT2D eigenvalue weighted by Crippen LogP contribution is -2.31. The van der Waals surface area contributed by atoms with Gasteiger partial charge in [-0.25, -0.2) is 0 Å². The topological polar surface area (TPSA) is 22.1 Å². The predicted molar refractivity (Wildman–Crippen MR) is 69.0 cm³/mol. The van der Waals surface area contributed by atoms with Crippen molar-refractivity contribution in [3.63, 3.8) is 0 Å². The maximum Gasteiger partial charge on any atom is 0.140 e. The molecule has 88 valence electrons. The summed E-state index contributed by atoms with van der Waals surface area (Å²) >= 11 is 0. The molecule has 0 spiro atoms. The standard InChI is InChI=1S/C13H21NOSi/c1-10(2)13(11(3)4)15-9-16-12-7-5-6-8-14-12/h5-8,10-11,13H,9H2,1-4H3. The largest absolute Gasteiger partial charge is 0.381 e. The highest BCUT2D eigenvalue weighted by Gasteiger charge is 2.17. The molecule has 1 rings (SSSR count). The van der Waals surface area contributed by atoms with E-state index in [1.54, 1.807) is 0 Å². The first-order chi connectivity index (χ1) is 7.61. The van der Waals surface area contributed by atoms with E-state index in [-0.39, 0.29) is 0 Å². The normalized spacial score (nSPS) is 11.7. The number of hydrogen-bond acceptors (Lipinski definition) is 2. The molecule has 0 atom stereocenters. The molecular formula is C13H21NOSi. The fraction of sp³-hybridized carbons (Fsp3) is 0.615. The van der Waals surface area contributed by atoms with Gasteiger partial charge in [0, 0.05) is 17.7 Å². The van der Waals surface area contributed by atoms with Crippen LogP contribution in [0.4, 0.5) is 0 Å². The van der Waals surface area contributed by atoms with E-state index < -0.39 is 0 Å². The number of rotatable bonds is 6. The van der Waals surface area contributed by atoms with Crippen LogP contribution in [0.2, 0.25) is 0 Å². The minimum atomic E-state index is 0.358. The molecule has 2 nitrogen and oxygen atoms in total. The highest BCUT2D eigenvalue weighted by Crippen LogP contribution is 2.15. The SMILES string of the molecule is CC(C)C(OC[Si]c1ccccn1)C(C)C. The van der Waals surface area contributed by atoms with E-state index in [1.165, 1.54) is 0 Å². The van der Waals surface area contributed by atoms with E-state index >= 15 is 0 Å². The molecule has 0 N–H and O–H groups in total. The van der Waals surface area contributed by atoms with Crippen molar-refractivity contribution >= 4 is 14.8 Å². The van der Waals surface area contributed by atoms with Crippen LogP contribution in [0.5, 0.6) is 0 Å². The van der Waals surface area contributed by atoms with Crippen LogP contribution < -0.4 is 5.32 Å². The molecule has 0 aliphatic heterocycles. The average Bonchev–Trinajstić information content (AvgIpc) is 2.24. The second-order valence-corrected chi connectivity index (χ2v) is 5.81. The maximum atomic E-state index is 5.94. The van der Waals surface area contributed by atoms with Crippen molar-refractivity contribution in [2.24, 2.45) is 11.8 Å². The zero-order chi connectivity index (χ0) is 12.0. The Balaban J connectivity index is 2.34. The van der Waals surface area contributed by atoms with Crippen LogP contribution >= 0.6 is 0 Å². The van der Waals surface area contributed by atoms with Crippen LogP contribution in [0.15, 0.2) is 24.4 Å². The van der Waals surface area contributed by atoms with Crippen LogP contribution in [-0.4, -0.2) is 26.8 Å². The Morgan fingerprint density at radius 1 is 1.19 bits per heavy atom. The molecule has 0 aromatic carbocycles. The summed E-state index contributed by atoms with van der Waals surface area (Å²) in [7, 11) is 0.649. The molecule has 1 aromatic rings. The van der Waals surface area contributed by atoms with E-state index in [9.17, 15) is 0 Å². The summed E-state index contributed by atoms with van der Waals surface area (Å²) in [5.41, 5.74) is 0. The molecule has 0 fully saturated rings. The molecule has 0 unspecified atom stereocenters. The second-order valence-electron chi connectivity index (χ2n) is 4.66. The minimum absolute atomic E-state index is 0.358. The molecule has 2 radical (unpaired) electrons. The smallest absolute Gasteiger partial charge is 0.140 e. The lowest BCUT2D eigenvalue weighted by atomic mass is 9.96. The number of hydrogen-bond donors (Lipinski definition) is 0. The average molecular weight is 235 g/mol. The van der Waals surface area contributed by atoms with Crippen molar-refractivity contribution in [3.8, 4) is 0 Å². The van der Waals surface area contributed by atoms with Crippen LogP contribution in [0.1, 0.15) is 27.7 Å². The highest BCUT2D eigenvalue weighted by atomic mass is 28.2. The molecule has 1 aromatic heterocycles. The third-order valence-corrected chi connectivity index (χ3v) is 3.48. The second kappa shape index (κ2) is 6.81. The zero-order valence-electron chi connectivity index (χ0n) is 10.6. The van der Waals surface area contributed by atoms with Gasteiger partial charge in [0.15, 0.2) is 0 Å². The number of pyridine rings is 1. The lowest BCUT2D eigenvalue weighted by Gasteiger charge is -2.25. The van der Waals surface area contributed by atoms with Gasteiger partial charge in [-0.3, -0.25) is 4.98 Å². The fourth-order valence-electron chi connectivity index (χ4n) is 1.83. The van der Waals surface area contributed by atoms with Gasteiger partial charge < -0.3 is 4.74 Å². The van der Waals surface area contributed by atoms with Crippen LogP contribution in [0, 0.1) is 11.8 Å². The lowest BCUT2D eigenvalue weighted by molar-refractivity contribution is 0.0166. The Bertz CT molecular complexity index is 279. The summed E-state index contributed by atoms with van der Waals surface area (Å²) in [6.07, 6.45) is 2.99. The first kappa shape index (κ1) is 13.4. The highest BCUT2D eigenvalue weighted by molar-refractivity contribution is 6.52. The van der Waals surface area contributed by atoms with E-state index in [2.05, 4.69) is 38.7 Å². The molecule has 3 heteroatoms. The van der Waals surface area contributed by atoms with Gasteiger partial charge in [-0.1, -0.05) is 33.8 Å². The van der Waals surface area contributed by atoms with E-state index in [1.807, 2.05) is 18.3 Å². The summed E-state index contributed by atoms with van der Waals surface area (Å²) in [5, 5.41) is 1.13. The predicted octanol–water partition coefficient (Wildman–Crippen LogP) is 2.07. The molecule has 0 bridgehead atoms. The summed E-state index contributed by atoms with van der Waals surface area (Å²) in [5.74, 6) is 1.15. The number of aromatic nitrogens is 1. The number of nitrogens with zero attached hydrogens (tertiary/aromatic N) is 1. The Morgan fingerprint density at radius 3 is 2.38 bits per heavy atom. The van der Waals surface area contributed by atoms with Gasteiger partial charge >= 0.3 is 0 Å². The van der Waals surface area contributed by atoms with Gasteiger partial charge in [-0.15, -0.1) is 0 Å². The van der Waals surface area contributed by atoms with Crippen molar-refractivity contribution in [2.45, 2.75) is 33.8 Å². The van der Waals surface area contributed by atoms with Gasteiger partial charge in [0.05, 0.1) is 6.10 Å². The van der Waals surface area contributed by atoms with E-state index in [0.717, 1.165) is 11.5 Å². The van der Waals surface area contributed by atoms with Crippen molar-refractivity contribution in [2.75, 3.05) is 6.23 Å². The van der Waals surface area contributed by atoms with Crippen molar-refractivity contribution in [1.29, 1.82) is 0 Å². The maximum absolute atomic E-state index is 5.94. The van der Waals surface area contributed by atoms with Crippen molar-refractivity contribution in [1.82, 2.24) is 4.98 Å². The molecule has 0 aliphatic carbocycles. The number of ether oxygens (including phenoxy) is 1. The van der Waals surface area contributed by atoms with E-state index in [0.29, 0.717) is 27.5 Å². The molecule has 16 heavy (non-hydrogen) atoms. The van der Waals surface area contributed by atoms with Crippen LogP contribution in [-0.2, 0) is 4.74 Å². The Labute approximate surface area is 101 Å². The van der Waals surface area contributed by atoms with Crippen LogP contribution in [0.25, 0.3) is 0 Å². The molecule has 0 saturated heterocycles. The Kier molecular flexibility index (Phi) is 5.70. The summed E-state index contributed by atoms with van der Waals surface area (Å²) < 4.78 is 5.94. The summed E-state index contributed by atoms with van der Waals surface area (Å²) in [6.45, 7) is 8.87. The summed E-state index contributed by atoms with van der Waals surface area (Å²) in [4.78, 5) is 4.30. The Morgan fingerprint density at radius 2 is 1.88 bits per heavy atom. The molecule has 0 aliphatic rings. The Hall–Kier alpha value is -0.673. The van der Waals surface area contributed by atoms with Crippen molar-refractivity contribution < 1.29 is 4.74 Å². The van der Waals surface area contributed by atoms with Crippen molar-refractivity contribution in [3.05, 3.63) is 24.4 Å². The van der Waals surface area contributed by atoms with Gasteiger partial charge in [-0.2, -0.15) is 0 Å². The molecule has 1 heterocycles. The van der Waals surface area contributed by atoms with Gasteiger partial charge in [0.1, 0.15) is 9.52 Å². The quantitative estimate of drug-likeness (QED) is 0.704. The van der Waals surface area contributed by atoms with Gasteiger partial charge in [0.25, 0.3) is 0 Å².